The van der Waals surface area contributed by atoms with Crippen LogP contribution in [0, 0.1) is 13.8 Å². The van der Waals surface area contributed by atoms with Crippen LogP contribution >= 0.6 is 0 Å². The molecule has 1 aromatic heterocycles. The third-order valence-electron chi connectivity index (χ3n) is 4.87. The zero-order valence-electron chi connectivity index (χ0n) is 17.3. The molecule has 0 amide bonds. The van der Waals surface area contributed by atoms with Crippen LogP contribution in [0.3, 0.4) is 0 Å². The number of ether oxygens (including phenoxy) is 2. The Balaban J connectivity index is 2.35. The normalized spacial score (nSPS) is 11.2. The van der Waals surface area contributed by atoms with Crippen molar-refractivity contribution in [2.75, 3.05) is 14.2 Å². The van der Waals surface area contributed by atoms with Crippen LogP contribution in [-0.2, 0) is 16.0 Å². The van der Waals surface area contributed by atoms with Crippen LogP contribution in [0.25, 0.3) is 22.7 Å². The molecular formula is C23H24N2O4. The Morgan fingerprint density at radius 3 is 2.45 bits per heavy atom. The fourth-order valence-corrected chi connectivity index (χ4v) is 3.44. The Kier molecular flexibility index (Phi) is 5.82. The summed E-state index contributed by atoms with van der Waals surface area (Å²) in [6.45, 7) is 5.94. The van der Waals surface area contributed by atoms with E-state index in [9.17, 15) is 9.59 Å². The van der Waals surface area contributed by atoms with Crippen molar-refractivity contribution >= 4 is 22.9 Å². The van der Waals surface area contributed by atoms with Crippen molar-refractivity contribution in [3.8, 4) is 11.4 Å². The second kappa shape index (κ2) is 8.31. The molecule has 0 aliphatic rings. The van der Waals surface area contributed by atoms with Crippen LogP contribution in [0.4, 0.5) is 0 Å². The molecule has 0 spiro atoms. The first-order valence-electron chi connectivity index (χ1n) is 9.37. The molecule has 29 heavy (non-hydrogen) atoms. The van der Waals surface area contributed by atoms with Crippen molar-refractivity contribution in [2.45, 2.75) is 27.2 Å². The van der Waals surface area contributed by atoms with Gasteiger partial charge in [0.05, 0.1) is 30.8 Å². The summed E-state index contributed by atoms with van der Waals surface area (Å²) in [5.41, 5.74) is 3.86. The number of fused-ring (bicyclic) bond motifs is 1. The number of rotatable bonds is 5. The Morgan fingerprint density at radius 1 is 1.17 bits per heavy atom. The van der Waals surface area contributed by atoms with E-state index < -0.39 is 5.97 Å². The van der Waals surface area contributed by atoms with Crippen LogP contribution in [-0.4, -0.2) is 29.7 Å². The second-order valence-electron chi connectivity index (χ2n) is 6.73. The molecule has 0 radical (unpaired) electrons. The maximum Gasteiger partial charge on any atom is 0.330 e. The molecule has 0 saturated carbocycles. The van der Waals surface area contributed by atoms with Gasteiger partial charge < -0.3 is 9.47 Å². The minimum atomic E-state index is -0.487. The Bertz CT molecular complexity index is 1160. The molecule has 1 heterocycles. The Hall–Kier alpha value is -3.41. The summed E-state index contributed by atoms with van der Waals surface area (Å²) < 4.78 is 11.8. The largest absolute Gasteiger partial charge is 0.496 e. The molecule has 0 aliphatic carbocycles. The zero-order chi connectivity index (χ0) is 21.1. The molecule has 150 valence electrons. The SMILES string of the molecule is CCc1nc2cc(OC)c(C=CC(=O)OC)cc2c(=O)n1-c1c(C)cccc1C. The monoisotopic (exact) mass is 392 g/mol. The highest BCUT2D eigenvalue weighted by molar-refractivity contribution is 5.90. The minimum Gasteiger partial charge on any atom is -0.496 e. The number of esters is 1. The van der Waals surface area contributed by atoms with E-state index in [0.29, 0.717) is 34.5 Å². The lowest BCUT2D eigenvalue weighted by Gasteiger charge is -2.17. The van der Waals surface area contributed by atoms with Crippen molar-refractivity contribution in [2.24, 2.45) is 0 Å². The van der Waals surface area contributed by atoms with Crippen LogP contribution < -0.4 is 10.3 Å². The van der Waals surface area contributed by atoms with Gasteiger partial charge in [-0.15, -0.1) is 0 Å². The van der Waals surface area contributed by atoms with Gasteiger partial charge >= 0.3 is 5.97 Å². The number of methoxy groups -OCH3 is 2. The van der Waals surface area contributed by atoms with E-state index >= 15 is 0 Å². The van der Waals surface area contributed by atoms with E-state index in [4.69, 9.17) is 9.72 Å². The fraction of sp³-hybridized carbons (Fsp3) is 0.261. The van der Waals surface area contributed by atoms with Crippen LogP contribution in [0.1, 0.15) is 29.4 Å². The highest BCUT2D eigenvalue weighted by Gasteiger charge is 2.17. The van der Waals surface area contributed by atoms with E-state index in [0.717, 1.165) is 16.8 Å². The summed E-state index contributed by atoms with van der Waals surface area (Å²) >= 11 is 0. The Morgan fingerprint density at radius 2 is 1.86 bits per heavy atom. The van der Waals surface area contributed by atoms with Gasteiger partial charge in [0.15, 0.2) is 0 Å². The van der Waals surface area contributed by atoms with Gasteiger partial charge in [0.2, 0.25) is 0 Å². The van der Waals surface area contributed by atoms with E-state index in [2.05, 4.69) is 4.74 Å². The topological polar surface area (TPSA) is 70.4 Å². The summed E-state index contributed by atoms with van der Waals surface area (Å²) in [5, 5.41) is 0.454. The molecule has 0 bridgehead atoms. The van der Waals surface area contributed by atoms with E-state index in [-0.39, 0.29) is 5.56 Å². The first kappa shape index (κ1) is 20.3. The van der Waals surface area contributed by atoms with Crippen molar-refractivity contribution in [1.82, 2.24) is 9.55 Å². The molecule has 0 N–H and O–H groups in total. The molecular weight excluding hydrogens is 368 g/mol. The average molecular weight is 392 g/mol. The molecule has 0 fully saturated rings. The molecule has 6 heteroatoms. The summed E-state index contributed by atoms with van der Waals surface area (Å²) in [6.07, 6.45) is 3.47. The molecule has 6 nitrogen and oxygen atoms in total. The fourth-order valence-electron chi connectivity index (χ4n) is 3.44. The van der Waals surface area contributed by atoms with Crippen molar-refractivity contribution in [3.05, 3.63) is 69.3 Å². The molecule has 3 rings (SSSR count). The first-order chi connectivity index (χ1) is 13.9. The summed E-state index contributed by atoms with van der Waals surface area (Å²) in [7, 11) is 2.85. The van der Waals surface area contributed by atoms with Gasteiger partial charge in [-0.25, -0.2) is 9.78 Å². The maximum atomic E-state index is 13.5. The number of aromatic nitrogens is 2. The van der Waals surface area contributed by atoms with E-state index in [1.807, 2.05) is 39.0 Å². The molecule has 0 atom stereocenters. The van der Waals surface area contributed by atoms with Gasteiger partial charge in [-0.2, -0.15) is 0 Å². The molecule has 0 saturated heterocycles. The maximum absolute atomic E-state index is 13.5. The van der Waals surface area contributed by atoms with Crippen molar-refractivity contribution in [3.63, 3.8) is 0 Å². The number of carbonyl (C=O) groups is 1. The van der Waals surface area contributed by atoms with Crippen molar-refractivity contribution < 1.29 is 14.3 Å². The summed E-state index contributed by atoms with van der Waals surface area (Å²) in [5.74, 6) is 0.718. The van der Waals surface area contributed by atoms with Crippen LogP contribution in [0.15, 0.2) is 41.2 Å². The standard InChI is InChI=1S/C23H24N2O4/c1-6-20-24-18-13-19(28-4)16(10-11-21(26)29-5)12-17(18)23(27)25(20)22-14(2)8-7-9-15(22)3/h7-13H,6H2,1-5H3. The van der Waals surface area contributed by atoms with Gasteiger partial charge in [0.1, 0.15) is 11.6 Å². The smallest absolute Gasteiger partial charge is 0.330 e. The van der Waals surface area contributed by atoms with Gasteiger partial charge in [0, 0.05) is 24.1 Å². The number of aryl methyl sites for hydroxylation is 3. The van der Waals surface area contributed by atoms with Gasteiger partial charge in [-0.1, -0.05) is 25.1 Å². The lowest BCUT2D eigenvalue weighted by molar-refractivity contribution is -0.134. The third kappa shape index (κ3) is 3.78. The number of hydrogen-bond acceptors (Lipinski definition) is 5. The second-order valence-corrected chi connectivity index (χ2v) is 6.73. The number of benzene rings is 2. The minimum absolute atomic E-state index is 0.153. The molecule has 3 aromatic rings. The molecule has 0 unspecified atom stereocenters. The predicted molar refractivity (Wildman–Crippen MR) is 114 cm³/mol. The lowest BCUT2D eigenvalue weighted by atomic mass is 10.1. The highest BCUT2D eigenvalue weighted by atomic mass is 16.5. The van der Waals surface area contributed by atoms with Crippen LogP contribution in [0.5, 0.6) is 5.75 Å². The van der Waals surface area contributed by atoms with Gasteiger partial charge in [-0.3, -0.25) is 9.36 Å². The quantitative estimate of drug-likeness (QED) is 0.488. The summed E-state index contributed by atoms with van der Waals surface area (Å²) in [4.78, 5) is 29.8. The van der Waals surface area contributed by atoms with Crippen molar-refractivity contribution in [1.29, 1.82) is 0 Å². The van der Waals surface area contributed by atoms with E-state index in [1.54, 1.807) is 22.8 Å². The van der Waals surface area contributed by atoms with E-state index in [1.165, 1.54) is 20.3 Å². The number of carbonyl (C=O) groups excluding carboxylic acids is 1. The molecule has 2 aromatic carbocycles. The molecule has 0 aliphatic heterocycles. The first-order valence-corrected chi connectivity index (χ1v) is 9.37. The van der Waals surface area contributed by atoms with Crippen LogP contribution in [0.2, 0.25) is 0 Å². The predicted octanol–water partition coefficient (Wildman–Crippen LogP) is 3.76. The Labute approximate surface area is 169 Å². The van der Waals surface area contributed by atoms with Gasteiger partial charge in [-0.05, 0) is 37.1 Å². The third-order valence-corrected chi connectivity index (χ3v) is 4.87. The number of hydrogen-bond donors (Lipinski definition) is 0. The number of para-hydroxylation sites is 1. The zero-order valence-corrected chi connectivity index (χ0v) is 17.3. The summed E-state index contributed by atoms with van der Waals surface area (Å²) in [6, 6.07) is 9.36. The highest BCUT2D eigenvalue weighted by Crippen LogP contribution is 2.26. The number of nitrogens with zero attached hydrogens (tertiary/aromatic N) is 2. The average Bonchev–Trinajstić information content (AvgIpc) is 2.72. The lowest BCUT2D eigenvalue weighted by Crippen LogP contribution is -2.25. The van der Waals surface area contributed by atoms with Gasteiger partial charge in [0.25, 0.3) is 5.56 Å².